The summed E-state index contributed by atoms with van der Waals surface area (Å²) in [6, 6.07) is 0. The van der Waals surface area contributed by atoms with Gasteiger partial charge in [0, 0.05) is 12.8 Å². The fraction of sp³-hybridized carbons (Fsp3) is 0.972. The van der Waals surface area contributed by atoms with Gasteiger partial charge in [0.2, 0.25) is 0 Å². The normalized spacial score (nSPS) is 12.5. The molecular formula is C72H142O3. The number of rotatable bonds is 67. The van der Waals surface area contributed by atoms with Gasteiger partial charge >= 0.3 is 5.97 Å². The summed E-state index contributed by atoms with van der Waals surface area (Å²) >= 11 is 0. The maximum atomic E-state index is 14.6. The van der Waals surface area contributed by atoms with Gasteiger partial charge in [-0.3, -0.25) is 9.59 Å². The summed E-state index contributed by atoms with van der Waals surface area (Å²) in [7, 11) is 0. The summed E-state index contributed by atoms with van der Waals surface area (Å²) in [6.07, 6.45) is 84.0. The molecule has 0 aliphatic carbocycles. The Hall–Kier alpha value is -0.860. The minimum absolute atomic E-state index is 0.0908. The van der Waals surface area contributed by atoms with Crippen LogP contribution in [0.4, 0.5) is 0 Å². The zero-order chi connectivity index (χ0) is 54.3. The summed E-state index contributed by atoms with van der Waals surface area (Å²) < 4.78 is 6.65. The molecule has 0 aromatic rings. The third-order valence-corrected chi connectivity index (χ3v) is 17.4. The minimum atomic E-state index is -0.908. The van der Waals surface area contributed by atoms with Crippen LogP contribution < -0.4 is 0 Å². The van der Waals surface area contributed by atoms with Crippen LogP contribution in [0.15, 0.2) is 0 Å². The molecule has 0 amide bonds. The molecule has 448 valence electrons. The minimum Gasteiger partial charge on any atom is -0.451 e. The second kappa shape index (κ2) is 64.0. The standard InChI is InChI=1S/C72H142O3/c1-5-9-13-17-21-25-29-33-37-41-45-49-53-57-61-65-69-72(68-64-60-56-52-48-44-40-36-32-28-24-20-16-12-8-4,70(73)66-62-58-54-50-46-42-38-34-30-26-22-18-14-10-6-2)75-71(74)67-63-59-55-51-47-43-39-35-31-27-23-19-15-11-7-3/h5-69H2,1-4H3. The number of hydrogen-bond donors (Lipinski definition) is 0. The van der Waals surface area contributed by atoms with E-state index in [0.717, 1.165) is 64.2 Å². The van der Waals surface area contributed by atoms with Crippen LogP contribution >= 0.6 is 0 Å². The van der Waals surface area contributed by atoms with Gasteiger partial charge in [-0.2, -0.15) is 0 Å². The molecule has 1 unspecified atom stereocenters. The summed E-state index contributed by atoms with van der Waals surface area (Å²) in [5.74, 6) is 0.167. The number of esters is 1. The lowest BCUT2D eigenvalue weighted by atomic mass is 9.83. The average Bonchev–Trinajstić information content (AvgIpc) is 3.41. The highest BCUT2D eigenvalue weighted by Gasteiger charge is 2.40. The Balaban J connectivity index is 5.21. The molecule has 0 saturated heterocycles. The van der Waals surface area contributed by atoms with E-state index in [0.29, 0.717) is 12.8 Å². The highest BCUT2D eigenvalue weighted by Crippen LogP contribution is 2.32. The Morgan fingerprint density at radius 1 is 0.213 bits per heavy atom. The van der Waals surface area contributed by atoms with E-state index in [1.807, 2.05) is 0 Å². The quantitative estimate of drug-likeness (QED) is 0.0450. The lowest BCUT2D eigenvalue weighted by Crippen LogP contribution is -2.43. The third-order valence-electron chi connectivity index (χ3n) is 17.4. The molecule has 0 saturated carbocycles. The van der Waals surface area contributed by atoms with Crippen molar-refractivity contribution in [1.82, 2.24) is 0 Å². The molecule has 0 radical (unpaired) electrons. The number of unbranched alkanes of at least 4 members (excludes halogenated alkanes) is 57. The van der Waals surface area contributed by atoms with Gasteiger partial charge in [0.05, 0.1) is 0 Å². The van der Waals surface area contributed by atoms with Crippen molar-refractivity contribution in [3.8, 4) is 0 Å². The van der Waals surface area contributed by atoms with E-state index in [2.05, 4.69) is 27.7 Å². The molecule has 0 aromatic carbocycles. The van der Waals surface area contributed by atoms with Crippen LogP contribution in [0, 0.1) is 0 Å². The first-order valence-electron chi connectivity index (χ1n) is 35.8. The monoisotopic (exact) mass is 1060 g/mol. The summed E-state index contributed by atoms with van der Waals surface area (Å²) in [5.41, 5.74) is -0.908. The molecule has 0 fully saturated rings. The van der Waals surface area contributed by atoms with E-state index in [9.17, 15) is 9.59 Å². The van der Waals surface area contributed by atoms with Crippen LogP contribution in [-0.2, 0) is 14.3 Å². The van der Waals surface area contributed by atoms with Gasteiger partial charge in [-0.25, -0.2) is 0 Å². The van der Waals surface area contributed by atoms with Crippen LogP contribution in [0.1, 0.15) is 445 Å². The molecule has 75 heavy (non-hydrogen) atoms. The molecule has 0 aliphatic heterocycles. The predicted molar refractivity (Wildman–Crippen MR) is 337 cm³/mol. The van der Waals surface area contributed by atoms with E-state index in [4.69, 9.17) is 4.74 Å². The van der Waals surface area contributed by atoms with Crippen LogP contribution in [0.25, 0.3) is 0 Å². The second-order valence-electron chi connectivity index (χ2n) is 25.0. The number of ether oxygens (including phenoxy) is 1. The first-order valence-corrected chi connectivity index (χ1v) is 35.8. The highest BCUT2D eigenvalue weighted by atomic mass is 16.6. The lowest BCUT2D eigenvalue weighted by molar-refractivity contribution is -0.170. The van der Waals surface area contributed by atoms with Crippen LogP contribution in [0.2, 0.25) is 0 Å². The number of carbonyl (C=O) groups is 2. The zero-order valence-electron chi connectivity index (χ0n) is 52.7. The van der Waals surface area contributed by atoms with E-state index in [1.54, 1.807) is 0 Å². The molecule has 0 N–H and O–H groups in total. The second-order valence-corrected chi connectivity index (χ2v) is 25.0. The molecule has 3 heteroatoms. The largest absolute Gasteiger partial charge is 0.451 e. The van der Waals surface area contributed by atoms with Crippen molar-refractivity contribution in [3.63, 3.8) is 0 Å². The molecule has 0 bridgehead atoms. The van der Waals surface area contributed by atoms with Gasteiger partial charge in [0.25, 0.3) is 0 Å². The molecule has 0 heterocycles. The Bertz CT molecular complexity index is 1080. The molecular weight excluding hydrogens is 913 g/mol. The van der Waals surface area contributed by atoms with Crippen molar-refractivity contribution in [2.45, 2.75) is 451 Å². The first-order chi connectivity index (χ1) is 37.1. The van der Waals surface area contributed by atoms with E-state index >= 15 is 0 Å². The van der Waals surface area contributed by atoms with Gasteiger partial charge in [0.1, 0.15) is 0 Å². The van der Waals surface area contributed by atoms with E-state index in [-0.39, 0.29) is 11.8 Å². The summed E-state index contributed by atoms with van der Waals surface area (Å²) in [4.78, 5) is 28.5. The fourth-order valence-corrected chi connectivity index (χ4v) is 12.1. The third kappa shape index (κ3) is 56.2. The number of hydrogen-bond acceptors (Lipinski definition) is 3. The Morgan fingerprint density at radius 3 is 0.573 bits per heavy atom. The summed E-state index contributed by atoms with van der Waals surface area (Å²) in [5, 5.41) is 0. The van der Waals surface area contributed by atoms with E-state index < -0.39 is 5.60 Å². The Labute approximate surface area is 474 Å². The lowest BCUT2D eigenvalue weighted by Gasteiger charge is -2.33. The number of Topliss-reactive ketones (excluding diaryl/α,β-unsaturated/α-hetero) is 1. The Morgan fingerprint density at radius 2 is 0.373 bits per heavy atom. The smallest absolute Gasteiger partial charge is 0.306 e. The molecule has 0 spiro atoms. The molecule has 0 aromatic heterocycles. The molecule has 0 rings (SSSR count). The maximum Gasteiger partial charge on any atom is 0.306 e. The molecule has 3 nitrogen and oxygen atoms in total. The first kappa shape index (κ1) is 74.1. The fourth-order valence-electron chi connectivity index (χ4n) is 12.1. The SMILES string of the molecule is CCCCCCCCCCCCCCCCCCC(CCCCCCCCCCCCCCCCC)(OC(=O)CCCCCCCCCCCCCCCCC)C(=O)CCCCCCCCCCCCCCCCC. The molecule has 1 atom stereocenters. The van der Waals surface area contributed by atoms with Gasteiger partial charge in [-0.15, -0.1) is 0 Å². The van der Waals surface area contributed by atoms with Gasteiger partial charge < -0.3 is 4.74 Å². The number of ketones is 1. The van der Waals surface area contributed by atoms with Crippen molar-refractivity contribution < 1.29 is 14.3 Å². The van der Waals surface area contributed by atoms with Crippen molar-refractivity contribution in [3.05, 3.63) is 0 Å². The average molecular weight is 1060 g/mol. The zero-order valence-corrected chi connectivity index (χ0v) is 52.7. The van der Waals surface area contributed by atoms with Crippen molar-refractivity contribution >= 4 is 11.8 Å². The number of carbonyl (C=O) groups excluding carboxylic acids is 2. The van der Waals surface area contributed by atoms with Crippen LogP contribution in [0.5, 0.6) is 0 Å². The van der Waals surface area contributed by atoms with E-state index in [1.165, 1.54) is 340 Å². The maximum absolute atomic E-state index is 14.6. The summed E-state index contributed by atoms with van der Waals surface area (Å²) in [6.45, 7) is 9.22. The Kier molecular flexibility index (Phi) is 63.2. The predicted octanol–water partition coefficient (Wildman–Crippen LogP) is 26.3. The van der Waals surface area contributed by atoms with Gasteiger partial charge in [0.15, 0.2) is 11.4 Å². The topological polar surface area (TPSA) is 43.4 Å². The van der Waals surface area contributed by atoms with Crippen molar-refractivity contribution in [1.29, 1.82) is 0 Å². The molecule has 0 aliphatic rings. The van der Waals surface area contributed by atoms with Gasteiger partial charge in [-0.1, -0.05) is 394 Å². The highest BCUT2D eigenvalue weighted by molar-refractivity contribution is 5.89. The van der Waals surface area contributed by atoms with Crippen LogP contribution in [0.3, 0.4) is 0 Å². The van der Waals surface area contributed by atoms with Crippen molar-refractivity contribution in [2.24, 2.45) is 0 Å². The van der Waals surface area contributed by atoms with Gasteiger partial charge in [-0.05, 0) is 38.5 Å². The van der Waals surface area contributed by atoms with Crippen molar-refractivity contribution in [2.75, 3.05) is 0 Å². The van der Waals surface area contributed by atoms with Crippen LogP contribution in [-0.4, -0.2) is 17.4 Å².